The van der Waals surface area contributed by atoms with E-state index in [-0.39, 0.29) is 0 Å². The third-order valence-electron chi connectivity index (χ3n) is 3.36. The maximum atomic E-state index is 10.4. The van der Waals surface area contributed by atoms with Gasteiger partial charge < -0.3 is 5.11 Å². The second-order valence-electron chi connectivity index (χ2n) is 5.12. The number of aliphatic carboxylic acids is 1. The minimum atomic E-state index is -0.657. The molecule has 1 N–H and O–H groups in total. The molecule has 1 aliphatic rings. The monoisotopic (exact) mass is 212 g/mol. The van der Waals surface area contributed by atoms with Crippen LogP contribution in [0.2, 0.25) is 0 Å². The Morgan fingerprint density at radius 2 is 2.00 bits per heavy atom. The van der Waals surface area contributed by atoms with Gasteiger partial charge in [0.25, 0.3) is 0 Å². The molecule has 2 nitrogen and oxygen atoms in total. The molecular formula is C13H24O2. The fraction of sp³-hybridized carbons (Fsp3) is 0.923. The highest BCUT2D eigenvalue weighted by molar-refractivity contribution is 5.66. The van der Waals surface area contributed by atoms with Gasteiger partial charge in [0.05, 0.1) is 0 Å². The molecule has 0 aromatic rings. The largest absolute Gasteiger partial charge is 0.481 e. The molecule has 88 valence electrons. The van der Waals surface area contributed by atoms with E-state index in [4.69, 9.17) is 5.11 Å². The zero-order chi connectivity index (χ0) is 11.1. The molecule has 2 heteroatoms. The van der Waals surface area contributed by atoms with E-state index in [0.717, 1.165) is 12.3 Å². The fourth-order valence-corrected chi connectivity index (χ4v) is 2.02. The van der Waals surface area contributed by atoms with Crippen LogP contribution in [-0.2, 0) is 4.79 Å². The van der Waals surface area contributed by atoms with Crippen molar-refractivity contribution >= 4 is 5.97 Å². The molecule has 0 saturated heterocycles. The van der Waals surface area contributed by atoms with Crippen molar-refractivity contribution in [3.8, 4) is 0 Å². The first-order valence-corrected chi connectivity index (χ1v) is 6.40. The Bertz CT molecular complexity index is 185. The fourth-order valence-electron chi connectivity index (χ4n) is 2.02. The minimum absolute atomic E-state index is 0.337. The third-order valence-corrected chi connectivity index (χ3v) is 3.36. The van der Waals surface area contributed by atoms with E-state index in [0.29, 0.717) is 12.3 Å². The predicted octanol–water partition coefficient (Wildman–Crippen LogP) is 3.85. The lowest BCUT2D eigenvalue weighted by atomic mass is 9.97. The van der Waals surface area contributed by atoms with Crippen LogP contribution in [0.1, 0.15) is 64.7 Å². The van der Waals surface area contributed by atoms with Crippen molar-refractivity contribution in [1.29, 1.82) is 0 Å². The van der Waals surface area contributed by atoms with Crippen molar-refractivity contribution in [3.05, 3.63) is 0 Å². The average molecular weight is 212 g/mol. The van der Waals surface area contributed by atoms with E-state index >= 15 is 0 Å². The molecule has 0 aromatic carbocycles. The van der Waals surface area contributed by atoms with Crippen molar-refractivity contribution in [3.63, 3.8) is 0 Å². The average Bonchev–Trinajstić information content (AvgIpc) is 2.98. The standard InChI is InChI=1S/C13H24O2/c1-11(7-10-13(14)15)5-3-2-4-6-12-8-9-12/h11-12H,2-10H2,1H3,(H,14,15). The van der Waals surface area contributed by atoms with Gasteiger partial charge in [-0.3, -0.25) is 4.79 Å². The Morgan fingerprint density at radius 1 is 1.27 bits per heavy atom. The molecule has 1 aliphatic carbocycles. The SMILES string of the molecule is CC(CCCCCC1CC1)CCC(=O)O. The number of rotatable bonds is 9. The van der Waals surface area contributed by atoms with Crippen LogP contribution in [0.3, 0.4) is 0 Å². The number of carbonyl (C=O) groups is 1. The molecule has 0 bridgehead atoms. The molecule has 1 unspecified atom stereocenters. The summed E-state index contributed by atoms with van der Waals surface area (Å²) < 4.78 is 0. The van der Waals surface area contributed by atoms with Crippen LogP contribution in [0.25, 0.3) is 0 Å². The Labute approximate surface area is 93.1 Å². The van der Waals surface area contributed by atoms with Crippen molar-refractivity contribution < 1.29 is 9.90 Å². The van der Waals surface area contributed by atoms with Crippen LogP contribution in [0.15, 0.2) is 0 Å². The van der Waals surface area contributed by atoms with E-state index in [1.807, 2.05) is 0 Å². The molecule has 0 radical (unpaired) electrons. The van der Waals surface area contributed by atoms with Gasteiger partial charge in [-0.15, -0.1) is 0 Å². The van der Waals surface area contributed by atoms with Gasteiger partial charge >= 0.3 is 5.97 Å². The second-order valence-corrected chi connectivity index (χ2v) is 5.12. The van der Waals surface area contributed by atoms with Crippen LogP contribution in [0.4, 0.5) is 0 Å². The van der Waals surface area contributed by atoms with Gasteiger partial charge in [-0.25, -0.2) is 0 Å². The van der Waals surface area contributed by atoms with Crippen LogP contribution in [-0.4, -0.2) is 11.1 Å². The van der Waals surface area contributed by atoms with E-state index in [9.17, 15) is 4.79 Å². The van der Waals surface area contributed by atoms with Crippen LogP contribution in [0, 0.1) is 11.8 Å². The van der Waals surface area contributed by atoms with Gasteiger partial charge in [-0.05, 0) is 18.3 Å². The molecule has 0 aromatic heterocycles. The number of carboxylic acids is 1. The molecule has 1 saturated carbocycles. The molecule has 1 atom stereocenters. The van der Waals surface area contributed by atoms with Crippen LogP contribution in [0.5, 0.6) is 0 Å². The highest BCUT2D eigenvalue weighted by Gasteiger charge is 2.19. The molecule has 0 aliphatic heterocycles. The zero-order valence-electron chi connectivity index (χ0n) is 9.87. The summed E-state index contributed by atoms with van der Waals surface area (Å²) in [7, 11) is 0. The third kappa shape index (κ3) is 7.40. The van der Waals surface area contributed by atoms with E-state index in [2.05, 4.69) is 6.92 Å². The highest BCUT2D eigenvalue weighted by atomic mass is 16.4. The highest BCUT2D eigenvalue weighted by Crippen LogP contribution is 2.34. The van der Waals surface area contributed by atoms with Gasteiger partial charge in [-0.2, -0.15) is 0 Å². The van der Waals surface area contributed by atoms with Crippen molar-refractivity contribution in [2.45, 2.75) is 64.7 Å². The summed E-state index contributed by atoms with van der Waals surface area (Å²) in [4.78, 5) is 10.4. The summed E-state index contributed by atoms with van der Waals surface area (Å²) in [5, 5.41) is 8.54. The molecule has 0 amide bonds. The summed E-state index contributed by atoms with van der Waals surface area (Å²) in [6, 6.07) is 0. The molecule has 0 spiro atoms. The van der Waals surface area contributed by atoms with Gasteiger partial charge in [-0.1, -0.05) is 51.9 Å². The molecular weight excluding hydrogens is 188 g/mol. The van der Waals surface area contributed by atoms with Gasteiger partial charge in [0, 0.05) is 6.42 Å². The van der Waals surface area contributed by atoms with E-state index < -0.39 is 5.97 Å². The number of hydrogen-bond acceptors (Lipinski definition) is 1. The molecule has 0 heterocycles. The maximum Gasteiger partial charge on any atom is 0.303 e. The second kappa shape index (κ2) is 6.86. The number of unbranched alkanes of at least 4 members (excludes halogenated alkanes) is 2. The van der Waals surface area contributed by atoms with Crippen molar-refractivity contribution in [1.82, 2.24) is 0 Å². The van der Waals surface area contributed by atoms with Gasteiger partial charge in [0.15, 0.2) is 0 Å². The Hall–Kier alpha value is -0.530. The lowest BCUT2D eigenvalue weighted by molar-refractivity contribution is -0.137. The topological polar surface area (TPSA) is 37.3 Å². The summed E-state index contributed by atoms with van der Waals surface area (Å²) in [5.74, 6) is 0.993. The van der Waals surface area contributed by atoms with Crippen molar-refractivity contribution in [2.75, 3.05) is 0 Å². The first kappa shape index (κ1) is 12.5. The summed E-state index contributed by atoms with van der Waals surface area (Å²) in [6.07, 6.45) is 10.8. The Balaban J connectivity index is 1.82. The predicted molar refractivity (Wildman–Crippen MR) is 61.8 cm³/mol. The first-order chi connectivity index (χ1) is 7.18. The summed E-state index contributed by atoms with van der Waals surface area (Å²) in [5.41, 5.74) is 0. The molecule has 1 rings (SSSR count). The number of carboxylic acid groups (broad SMARTS) is 1. The minimum Gasteiger partial charge on any atom is -0.481 e. The van der Waals surface area contributed by atoms with E-state index in [1.54, 1.807) is 0 Å². The maximum absolute atomic E-state index is 10.4. The smallest absolute Gasteiger partial charge is 0.303 e. The van der Waals surface area contributed by atoms with Crippen molar-refractivity contribution in [2.24, 2.45) is 11.8 Å². The van der Waals surface area contributed by atoms with Crippen LogP contribution < -0.4 is 0 Å². The van der Waals surface area contributed by atoms with Gasteiger partial charge in [0.1, 0.15) is 0 Å². The zero-order valence-corrected chi connectivity index (χ0v) is 9.87. The Kier molecular flexibility index (Phi) is 5.74. The van der Waals surface area contributed by atoms with Crippen LogP contribution >= 0.6 is 0 Å². The van der Waals surface area contributed by atoms with Gasteiger partial charge in [0.2, 0.25) is 0 Å². The van der Waals surface area contributed by atoms with E-state index in [1.165, 1.54) is 44.9 Å². The lowest BCUT2D eigenvalue weighted by Gasteiger charge is -2.09. The normalized spacial score (nSPS) is 17.7. The lowest BCUT2D eigenvalue weighted by Crippen LogP contribution is -2.01. The molecule has 15 heavy (non-hydrogen) atoms. The summed E-state index contributed by atoms with van der Waals surface area (Å²) in [6.45, 7) is 2.17. The quantitative estimate of drug-likeness (QED) is 0.589. The number of hydrogen-bond donors (Lipinski definition) is 1. The molecule has 1 fully saturated rings. The Morgan fingerprint density at radius 3 is 2.60 bits per heavy atom. The first-order valence-electron chi connectivity index (χ1n) is 6.40. The summed E-state index contributed by atoms with van der Waals surface area (Å²) >= 11 is 0.